The maximum absolute atomic E-state index is 11.8. The molecule has 2 aliphatic rings. The molecule has 3 atom stereocenters. The lowest BCUT2D eigenvalue weighted by Gasteiger charge is -2.36. The van der Waals surface area contributed by atoms with Crippen LogP contribution in [0, 0.1) is 0 Å². The molecule has 21 heavy (non-hydrogen) atoms. The fraction of sp³-hybridized carbons (Fsp3) is 0.235. The SMILES string of the molecule is O=C1C[C@](O)(c2ccccc2)[C@@]2(c3ccccc3)O[C@H]2O1. The van der Waals surface area contributed by atoms with E-state index < -0.39 is 23.5 Å². The lowest BCUT2D eigenvalue weighted by atomic mass is 9.73. The molecule has 106 valence electrons. The first-order chi connectivity index (χ1) is 10.2. The maximum atomic E-state index is 11.8. The van der Waals surface area contributed by atoms with Gasteiger partial charge in [0.1, 0.15) is 5.60 Å². The van der Waals surface area contributed by atoms with Crippen LogP contribution in [0.15, 0.2) is 60.7 Å². The van der Waals surface area contributed by atoms with Gasteiger partial charge in [0.15, 0.2) is 5.60 Å². The zero-order valence-corrected chi connectivity index (χ0v) is 11.2. The molecule has 4 nitrogen and oxygen atoms in total. The van der Waals surface area contributed by atoms with Gasteiger partial charge in [0.2, 0.25) is 6.29 Å². The van der Waals surface area contributed by atoms with Crippen LogP contribution < -0.4 is 0 Å². The van der Waals surface area contributed by atoms with E-state index in [0.717, 1.165) is 5.56 Å². The van der Waals surface area contributed by atoms with E-state index in [-0.39, 0.29) is 6.42 Å². The van der Waals surface area contributed by atoms with E-state index in [2.05, 4.69) is 0 Å². The molecule has 0 aromatic heterocycles. The number of esters is 1. The van der Waals surface area contributed by atoms with Crippen LogP contribution in [-0.2, 0) is 25.5 Å². The molecule has 4 rings (SSSR count). The van der Waals surface area contributed by atoms with Crippen LogP contribution in [0.1, 0.15) is 17.5 Å². The Morgan fingerprint density at radius 1 is 0.952 bits per heavy atom. The van der Waals surface area contributed by atoms with Crippen molar-refractivity contribution in [1.29, 1.82) is 0 Å². The summed E-state index contributed by atoms with van der Waals surface area (Å²) in [5, 5.41) is 11.3. The predicted molar refractivity (Wildman–Crippen MR) is 74.0 cm³/mol. The van der Waals surface area contributed by atoms with Gasteiger partial charge in [-0.3, -0.25) is 4.79 Å². The summed E-state index contributed by atoms with van der Waals surface area (Å²) in [6, 6.07) is 18.6. The number of hydrogen-bond donors (Lipinski definition) is 1. The Morgan fingerprint density at radius 3 is 2.14 bits per heavy atom. The highest BCUT2D eigenvalue weighted by Gasteiger charge is 2.76. The van der Waals surface area contributed by atoms with Crippen molar-refractivity contribution in [3.63, 3.8) is 0 Å². The first-order valence-electron chi connectivity index (χ1n) is 6.87. The molecule has 0 spiro atoms. The Hall–Kier alpha value is -2.17. The minimum Gasteiger partial charge on any atom is -0.432 e. The molecule has 0 bridgehead atoms. The van der Waals surface area contributed by atoms with E-state index in [1.807, 2.05) is 60.7 Å². The summed E-state index contributed by atoms with van der Waals surface area (Å²) in [7, 11) is 0. The summed E-state index contributed by atoms with van der Waals surface area (Å²) in [4.78, 5) is 11.8. The number of carbonyl (C=O) groups excluding carboxylic acids is 1. The van der Waals surface area contributed by atoms with Gasteiger partial charge < -0.3 is 14.6 Å². The minimum absolute atomic E-state index is 0.123. The predicted octanol–water partition coefficient (Wildman–Crippen LogP) is 2.07. The van der Waals surface area contributed by atoms with Crippen molar-refractivity contribution in [2.75, 3.05) is 0 Å². The average molecular weight is 282 g/mol. The van der Waals surface area contributed by atoms with Crippen LogP contribution >= 0.6 is 0 Å². The molecule has 2 heterocycles. The minimum atomic E-state index is -1.42. The van der Waals surface area contributed by atoms with Gasteiger partial charge in [-0.15, -0.1) is 0 Å². The van der Waals surface area contributed by atoms with Gasteiger partial charge in [-0.2, -0.15) is 0 Å². The van der Waals surface area contributed by atoms with Crippen LogP contribution in [0.25, 0.3) is 0 Å². The summed E-state index contributed by atoms with van der Waals surface area (Å²) in [5.41, 5.74) is -0.957. The summed E-state index contributed by atoms with van der Waals surface area (Å²) < 4.78 is 10.9. The number of aliphatic hydroxyl groups is 1. The lowest BCUT2D eigenvalue weighted by Crippen LogP contribution is -2.48. The molecule has 2 aliphatic heterocycles. The summed E-state index contributed by atoms with van der Waals surface area (Å²) in [6.45, 7) is 0. The van der Waals surface area contributed by atoms with Gasteiger partial charge in [0.25, 0.3) is 0 Å². The van der Waals surface area contributed by atoms with Crippen LogP contribution in [0.3, 0.4) is 0 Å². The van der Waals surface area contributed by atoms with Crippen LogP contribution in [0.2, 0.25) is 0 Å². The van der Waals surface area contributed by atoms with Crippen LogP contribution in [0.4, 0.5) is 0 Å². The third kappa shape index (κ3) is 1.60. The van der Waals surface area contributed by atoms with Crippen molar-refractivity contribution >= 4 is 5.97 Å². The standard InChI is InChI=1S/C17H14O4/c18-14-11-16(19,12-7-3-1-4-8-12)17(15(20-14)21-17)13-9-5-2-6-10-13/h1-10,15,19H,11H2/t15-,16+,17+/m1/s1. The van der Waals surface area contributed by atoms with E-state index in [1.165, 1.54) is 0 Å². The Labute approximate surface area is 121 Å². The first-order valence-corrected chi connectivity index (χ1v) is 6.87. The zero-order chi connectivity index (χ0) is 14.5. The van der Waals surface area contributed by atoms with Crippen molar-refractivity contribution in [2.24, 2.45) is 0 Å². The Bertz CT molecular complexity index is 684. The monoisotopic (exact) mass is 282 g/mol. The molecule has 0 unspecified atom stereocenters. The summed E-state index contributed by atoms with van der Waals surface area (Å²) in [5.74, 6) is -0.449. The average Bonchev–Trinajstić information content (AvgIpc) is 3.25. The number of carbonyl (C=O) groups is 1. The van der Waals surface area contributed by atoms with Gasteiger partial charge in [-0.1, -0.05) is 60.7 Å². The van der Waals surface area contributed by atoms with E-state index in [4.69, 9.17) is 9.47 Å². The van der Waals surface area contributed by atoms with Crippen molar-refractivity contribution in [3.05, 3.63) is 71.8 Å². The molecule has 0 amide bonds. The number of rotatable bonds is 2. The van der Waals surface area contributed by atoms with Gasteiger partial charge in [-0.25, -0.2) is 0 Å². The van der Waals surface area contributed by atoms with E-state index in [0.29, 0.717) is 5.56 Å². The second kappa shape index (κ2) is 4.16. The molecule has 2 fully saturated rings. The highest BCUT2D eigenvalue weighted by atomic mass is 16.8. The Kier molecular flexibility index (Phi) is 2.49. The van der Waals surface area contributed by atoms with Crippen LogP contribution in [0.5, 0.6) is 0 Å². The molecule has 4 heteroatoms. The number of ether oxygens (including phenoxy) is 2. The van der Waals surface area contributed by atoms with E-state index in [1.54, 1.807) is 0 Å². The van der Waals surface area contributed by atoms with Crippen molar-refractivity contribution < 1.29 is 19.4 Å². The molecule has 2 saturated heterocycles. The number of hydrogen-bond acceptors (Lipinski definition) is 4. The van der Waals surface area contributed by atoms with E-state index >= 15 is 0 Å². The highest BCUT2D eigenvalue weighted by molar-refractivity contribution is 5.74. The van der Waals surface area contributed by atoms with Crippen molar-refractivity contribution in [2.45, 2.75) is 23.9 Å². The normalized spacial score (nSPS) is 34.0. The maximum Gasteiger partial charge on any atom is 0.311 e. The first kappa shape index (κ1) is 12.6. The second-order valence-corrected chi connectivity index (χ2v) is 5.44. The van der Waals surface area contributed by atoms with Gasteiger partial charge in [-0.05, 0) is 11.1 Å². The third-order valence-electron chi connectivity index (χ3n) is 4.27. The topological polar surface area (TPSA) is 59.1 Å². The Morgan fingerprint density at radius 2 is 1.52 bits per heavy atom. The second-order valence-electron chi connectivity index (χ2n) is 5.44. The van der Waals surface area contributed by atoms with Gasteiger partial charge in [0.05, 0.1) is 6.42 Å². The largest absolute Gasteiger partial charge is 0.432 e. The molecule has 0 saturated carbocycles. The number of benzene rings is 2. The summed E-state index contributed by atoms with van der Waals surface area (Å²) >= 11 is 0. The van der Waals surface area contributed by atoms with E-state index in [9.17, 15) is 9.90 Å². The number of epoxide rings is 1. The molecule has 0 radical (unpaired) electrons. The molecule has 2 aromatic carbocycles. The lowest BCUT2D eigenvalue weighted by molar-refractivity contribution is -0.165. The molecule has 1 N–H and O–H groups in total. The van der Waals surface area contributed by atoms with Crippen LogP contribution in [-0.4, -0.2) is 17.4 Å². The molecular weight excluding hydrogens is 268 g/mol. The number of fused-ring (bicyclic) bond motifs is 1. The van der Waals surface area contributed by atoms with Gasteiger partial charge in [0, 0.05) is 0 Å². The molecular formula is C17H14O4. The highest BCUT2D eigenvalue weighted by Crippen LogP contribution is 2.62. The third-order valence-corrected chi connectivity index (χ3v) is 4.27. The summed E-state index contributed by atoms with van der Waals surface area (Å²) in [6.07, 6.45) is -0.853. The van der Waals surface area contributed by atoms with Crippen molar-refractivity contribution in [1.82, 2.24) is 0 Å². The quantitative estimate of drug-likeness (QED) is 0.676. The fourth-order valence-corrected chi connectivity index (χ4v) is 3.19. The Balaban J connectivity index is 1.89. The van der Waals surface area contributed by atoms with Crippen molar-refractivity contribution in [3.8, 4) is 0 Å². The smallest absolute Gasteiger partial charge is 0.311 e. The molecule has 0 aliphatic carbocycles. The molecule has 2 aromatic rings. The van der Waals surface area contributed by atoms with Gasteiger partial charge >= 0.3 is 5.97 Å². The fourth-order valence-electron chi connectivity index (χ4n) is 3.19. The zero-order valence-electron chi connectivity index (χ0n) is 11.2.